The van der Waals surface area contributed by atoms with Gasteiger partial charge in [-0.3, -0.25) is 4.90 Å². The molecule has 0 atom stereocenters. The van der Waals surface area contributed by atoms with Crippen molar-refractivity contribution in [3.05, 3.63) is 35.4 Å². The van der Waals surface area contributed by atoms with Gasteiger partial charge in [0.2, 0.25) is 0 Å². The fourth-order valence-corrected chi connectivity index (χ4v) is 2.41. The van der Waals surface area contributed by atoms with E-state index < -0.39 is 0 Å². The van der Waals surface area contributed by atoms with Crippen molar-refractivity contribution in [3.63, 3.8) is 0 Å². The smallest absolute Gasteiger partial charge is 0.0431 e. The van der Waals surface area contributed by atoms with Gasteiger partial charge < -0.3 is 5.11 Å². The third-order valence-corrected chi connectivity index (χ3v) is 3.32. The zero-order valence-corrected chi connectivity index (χ0v) is 9.86. The summed E-state index contributed by atoms with van der Waals surface area (Å²) in [6, 6.07) is 8.78. The Morgan fingerprint density at radius 3 is 2.75 bits per heavy atom. The Kier molecular flexibility index (Phi) is 4.37. The van der Waals surface area contributed by atoms with Gasteiger partial charge in [0.25, 0.3) is 0 Å². The molecule has 0 amide bonds. The number of aliphatic hydroxyl groups is 1. The van der Waals surface area contributed by atoms with E-state index in [1.165, 1.54) is 30.5 Å². The lowest BCUT2D eigenvalue weighted by Crippen LogP contribution is -2.24. The summed E-state index contributed by atoms with van der Waals surface area (Å²) < 4.78 is 0. The zero-order valence-electron chi connectivity index (χ0n) is 9.86. The lowest BCUT2D eigenvalue weighted by Gasteiger charge is -2.20. The summed E-state index contributed by atoms with van der Waals surface area (Å²) >= 11 is 0. The molecule has 2 rings (SSSR count). The highest BCUT2D eigenvalue weighted by Crippen LogP contribution is 2.18. The van der Waals surface area contributed by atoms with Crippen LogP contribution in [-0.2, 0) is 13.0 Å². The van der Waals surface area contributed by atoms with Crippen LogP contribution in [0, 0.1) is 0 Å². The fraction of sp³-hybridized carbons (Fsp3) is 0.571. The molecule has 2 heteroatoms. The topological polar surface area (TPSA) is 23.5 Å². The number of rotatable bonds is 4. The number of unbranched alkanes of at least 4 members (excludes halogenated alkanes) is 1. The molecule has 0 saturated carbocycles. The lowest BCUT2D eigenvalue weighted by atomic mass is 10.0. The maximum atomic E-state index is 8.79. The highest BCUT2D eigenvalue weighted by Gasteiger charge is 2.12. The van der Waals surface area contributed by atoms with Gasteiger partial charge in [0.1, 0.15) is 0 Å². The van der Waals surface area contributed by atoms with E-state index in [1.54, 1.807) is 0 Å². The SMILES string of the molecule is OCCCCN1CCCc2ccccc2C1. The van der Waals surface area contributed by atoms with Gasteiger partial charge in [0.05, 0.1) is 0 Å². The van der Waals surface area contributed by atoms with E-state index in [-0.39, 0.29) is 0 Å². The van der Waals surface area contributed by atoms with Crippen LogP contribution in [-0.4, -0.2) is 29.7 Å². The van der Waals surface area contributed by atoms with Crippen LogP contribution in [0.3, 0.4) is 0 Å². The Morgan fingerprint density at radius 2 is 1.94 bits per heavy atom. The van der Waals surface area contributed by atoms with Crippen LogP contribution >= 0.6 is 0 Å². The van der Waals surface area contributed by atoms with Gasteiger partial charge in [-0.2, -0.15) is 0 Å². The molecule has 0 fully saturated rings. The van der Waals surface area contributed by atoms with Crippen LogP contribution in [0.5, 0.6) is 0 Å². The Labute approximate surface area is 97.9 Å². The number of hydrogen-bond donors (Lipinski definition) is 1. The van der Waals surface area contributed by atoms with Crippen LogP contribution < -0.4 is 0 Å². The normalized spacial score (nSPS) is 16.8. The molecule has 1 aromatic rings. The molecular formula is C14H21NO. The van der Waals surface area contributed by atoms with Gasteiger partial charge in [0.15, 0.2) is 0 Å². The standard InChI is InChI=1S/C14H21NO/c16-11-4-3-9-15-10-5-8-13-6-1-2-7-14(13)12-15/h1-2,6-7,16H,3-5,8-12H2. The fourth-order valence-electron chi connectivity index (χ4n) is 2.41. The number of nitrogens with zero attached hydrogens (tertiary/aromatic N) is 1. The summed E-state index contributed by atoms with van der Waals surface area (Å²) in [5.74, 6) is 0. The third-order valence-electron chi connectivity index (χ3n) is 3.32. The summed E-state index contributed by atoms with van der Waals surface area (Å²) in [7, 11) is 0. The Morgan fingerprint density at radius 1 is 1.12 bits per heavy atom. The summed E-state index contributed by atoms with van der Waals surface area (Å²) in [5.41, 5.74) is 3.01. The van der Waals surface area contributed by atoms with Crippen molar-refractivity contribution >= 4 is 0 Å². The van der Waals surface area contributed by atoms with E-state index in [4.69, 9.17) is 5.11 Å². The van der Waals surface area contributed by atoms with Gasteiger partial charge in [-0.25, -0.2) is 0 Å². The second kappa shape index (κ2) is 6.02. The quantitative estimate of drug-likeness (QED) is 0.785. The molecule has 0 bridgehead atoms. The maximum absolute atomic E-state index is 8.79. The van der Waals surface area contributed by atoms with Crippen molar-refractivity contribution < 1.29 is 5.11 Å². The molecule has 88 valence electrons. The molecule has 1 aromatic carbocycles. The Hall–Kier alpha value is -0.860. The molecule has 2 nitrogen and oxygen atoms in total. The molecule has 1 heterocycles. The largest absolute Gasteiger partial charge is 0.396 e. The molecule has 0 aliphatic carbocycles. The molecular weight excluding hydrogens is 198 g/mol. The molecule has 1 aliphatic heterocycles. The molecule has 1 aliphatic rings. The predicted molar refractivity (Wildman–Crippen MR) is 66.4 cm³/mol. The van der Waals surface area contributed by atoms with E-state index in [0.717, 1.165) is 25.9 Å². The minimum atomic E-state index is 0.324. The van der Waals surface area contributed by atoms with E-state index in [9.17, 15) is 0 Å². The van der Waals surface area contributed by atoms with E-state index >= 15 is 0 Å². The van der Waals surface area contributed by atoms with Gasteiger partial charge >= 0.3 is 0 Å². The highest BCUT2D eigenvalue weighted by molar-refractivity contribution is 5.27. The number of hydrogen-bond acceptors (Lipinski definition) is 2. The van der Waals surface area contributed by atoms with E-state index in [1.807, 2.05) is 0 Å². The van der Waals surface area contributed by atoms with Crippen LogP contribution in [0.15, 0.2) is 24.3 Å². The Bertz CT molecular complexity index is 324. The number of aryl methyl sites for hydroxylation is 1. The van der Waals surface area contributed by atoms with Gasteiger partial charge in [-0.1, -0.05) is 24.3 Å². The summed E-state index contributed by atoms with van der Waals surface area (Å²) in [6.07, 6.45) is 4.51. The summed E-state index contributed by atoms with van der Waals surface area (Å²) in [6.45, 7) is 3.72. The number of aliphatic hydroxyl groups excluding tert-OH is 1. The maximum Gasteiger partial charge on any atom is 0.0431 e. The van der Waals surface area contributed by atoms with E-state index in [0.29, 0.717) is 6.61 Å². The van der Waals surface area contributed by atoms with Gasteiger partial charge in [0, 0.05) is 13.2 Å². The number of fused-ring (bicyclic) bond motifs is 1. The first kappa shape index (κ1) is 11.6. The van der Waals surface area contributed by atoms with Crippen molar-refractivity contribution in [2.24, 2.45) is 0 Å². The highest BCUT2D eigenvalue weighted by atomic mass is 16.2. The first-order chi connectivity index (χ1) is 7.90. The third kappa shape index (κ3) is 3.06. The van der Waals surface area contributed by atoms with Crippen molar-refractivity contribution in [1.82, 2.24) is 4.90 Å². The Balaban J connectivity index is 1.94. The second-order valence-electron chi connectivity index (χ2n) is 4.58. The average molecular weight is 219 g/mol. The predicted octanol–water partition coefficient (Wildman–Crippen LogP) is 2.21. The van der Waals surface area contributed by atoms with Gasteiger partial charge in [-0.15, -0.1) is 0 Å². The molecule has 16 heavy (non-hydrogen) atoms. The first-order valence-corrected chi connectivity index (χ1v) is 6.30. The van der Waals surface area contributed by atoms with Crippen molar-refractivity contribution in [2.75, 3.05) is 19.7 Å². The molecule has 0 radical (unpaired) electrons. The van der Waals surface area contributed by atoms with Gasteiger partial charge in [-0.05, 0) is 49.9 Å². The summed E-state index contributed by atoms with van der Waals surface area (Å²) in [5, 5.41) is 8.79. The monoisotopic (exact) mass is 219 g/mol. The second-order valence-corrected chi connectivity index (χ2v) is 4.58. The van der Waals surface area contributed by atoms with Crippen LogP contribution in [0.1, 0.15) is 30.4 Å². The van der Waals surface area contributed by atoms with Crippen molar-refractivity contribution in [1.29, 1.82) is 0 Å². The van der Waals surface area contributed by atoms with E-state index in [2.05, 4.69) is 29.2 Å². The van der Waals surface area contributed by atoms with Crippen LogP contribution in [0.25, 0.3) is 0 Å². The summed E-state index contributed by atoms with van der Waals surface area (Å²) in [4.78, 5) is 2.52. The molecule has 0 saturated heterocycles. The van der Waals surface area contributed by atoms with Crippen molar-refractivity contribution in [3.8, 4) is 0 Å². The zero-order chi connectivity index (χ0) is 11.2. The lowest BCUT2D eigenvalue weighted by molar-refractivity contribution is 0.238. The molecule has 0 aromatic heterocycles. The average Bonchev–Trinajstić information content (AvgIpc) is 2.51. The van der Waals surface area contributed by atoms with Crippen molar-refractivity contribution in [2.45, 2.75) is 32.2 Å². The minimum Gasteiger partial charge on any atom is -0.396 e. The number of benzene rings is 1. The molecule has 0 unspecified atom stereocenters. The molecule has 0 spiro atoms. The van der Waals surface area contributed by atoms with Crippen LogP contribution in [0.4, 0.5) is 0 Å². The minimum absolute atomic E-state index is 0.324. The first-order valence-electron chi connectivity index (χ1n) is 6.30. The van der Waals surface area contributed by atoms with Crippen LogP contribution in [0.2, 0.25) is 0 Å². The molecule has 1 N–H and O–H groups in total.